The van der Waals surface area contributed by atoms with Crippen molar-refractivity contribution in [2.45, 2.75) is 0 Å². The highest BCUT2D eigenvalue weighted by atomic mass is 16.5. The lowest BCUT2D eigenvalue weighted by Crippen LogP contribution is -2.22. The molecule has 5 heteroatoms. The van der Waals surface area contributed by atoms with Crippen LogP contribution in [0.5, 0.6) is 17.2 Å². The quantitative estimate of drug-likeness (QED) is 0.566. The van der Waals surface area contributed by atoms with Gasteiger partial charge in [-0.3, -0.25) is 9.59 Å². The summed E-state index contributed by atoms with van der Waals surface area (Å²) in [5.74, 6) is 0.914. The number of ketones is 2. The first-order valence-electron chi connectivity index (χ1n) is 8.06. The van der Waals surface area contributed by atoms with E-state index < -0.39 is 0 Å². The Morgan fingerprint density at radius 2 is 1.27 bits per heavy atom. The van der Waals surface area contributed by atoms with Crippen LogP contribution in [0.2, 0.25) is 0 Å². The number of carbonyl (C=O) groups is 2. The number of hydrogen-bond donors (Lipinski definition) is 0. The van der Waals surface area contributed by atoms with Gasteiger partial charge in [0, 0.05) is 27.5 Å². The van der Waals surface area contributed by atoms with Gasteiger partial charge in [-0.15, -0.1) is 0 Å². The molecule has 0 N–H and O–H groups in total. The van der Waals surface area contributed by atoms with Crippen molar-refractivity contribution in [2.24, 2.45) is 0 Å². The Balaban J connectivity index is 2.16. The summed E-state index contributed by atoms with van der Waals surface area (Å²) in [5.41, 5.74) is 1.24. The maximum atomic E-state index is 13.3. The number of carbonyl (C=O) groups excluding carboxylic acids is 2. The number of ether oxygens (including phenoxy) is 3. The lowest BCUT2D eigenvalue weighted by Gasteiger charge is -2.23. The Labute approximate surface area is 150 Å². The average Bonchev–Trinajstić information content (AvgIpc) is 2.69. The third kappa shape index (κ3) is 2.03. The maximum absolute atomic E-state index is 13.3. The molecule has 0 heterocycles. The van der Waals surface area contributed by atoms with Crippen LogP contribution in [-0.4, -0.2) is 32.9 Å². The summed E-state index contributed by atoms with van der Waals surface area (Å²) in [6.45, 7) is 0. The normalized spacial score (nSPS) is 12.6. The van der Waals surface area contributed by atoms with Crippen LogP contribution in [0.15, 0.2) is 42.5 Å². The van der Waals surface area contributed by atoms with Crippen LogP contribution in [0.25, 0.3) is 10.8 Å². The Bertz CT molecular complexity index is 1080. The minimum atomic E-state index is -0.266. The van der Waals surface area contributed by atoms with Crippen LogP contribution in [0.4, 0.5) is 0 Å². The fourth-order valence-corrected chi connectivity index (χ4v) is 3.56. The van der Waals surface area contributed by atoms with Crippen molar-refractivity contribution in [1.82, 2.24) is 0 Å². The van der Waals surface area contributed by atoms with E-state index in [-0.39, 0.29) is 17.1 Å². The predicted molar refractivity (Wildman–Crippen MR) is 96.9 cm³/mol. The highest BCUT2D eigenvalue weighted by molar-refractivity contribution is 6.33. The largest absolute Gasteiger partial charge is 0.496 e. The molecule has 3 aromatic carbocycles. The zero-order valence-corrected chi connectivity index (χ0v) is 14.6. The minimum absolute atomic E-state index is 0.231. The van der Waals surface area contributed by atoms with Crippen molar-refractivity contribution < 1.29 is 23.8 Å². The third-order valence-corrected chi connectivity index (χ3v) is 4.72. The Morgan fingerprint density at radius 1 is 0.654 bits per heavy atom. The molecule has 26 heavy (non-hydrogen) atoms. The van der Waals surface area contributed by atoms with Crippen molar-refractivity contribution in [3.05, 3.63) is 64.7 Å². The molecule has 1 aliphatic carbocycles. The molecule has 130 valence electrons. The Morgan fingerprint density at radius 3 is 1.96 bits per heavy atom. The van der Waals surface area contributed by atoms with E-state index in [0.29, 0.717) is 39.3 Å². The van der Waals surface area contributed by atoms with E-state index >= 15 is 0 Å². The van der Waals surface area contributed by atoms with Crippen molar-refractivity contribution in [2.75, 3.05) is 21.3 Å². The van der Waals surface area contributed by atoms with Gasteiger partial charge in [0.25, 0.3) is 0 Å². The average molecular weight is 348 g/mol. The van der Waals surface area contributed by atoms with Gasteiger partial charge in [0.15, 0.2) is 11.6 Å². The van der Waals surface area contributed by atoms with Gasteiger partial charge >= 0.3 is 0 Å². The van der Waals surface area contributed by atoms with Crippen molar-refractivity contribution in [1.29, 1.82) is 0 Å². The molecular weight excluding hydrogens is 332 g/mol. The standard InChI is InChI=1S/C21H16O5/c1-24-14-8-4-6-11-16(26-3)10-13-19(17(11)14)20(22)12-7-5-9-15(25-2)18(12)21(13)23/h4-10H,1-3H3. The van der Waals surface area contributed by atoms with Gasteiger partial charge in [0.2, 0.25) is 0 Å². The molecule has 0 unspecified atom stereocenters. The summed E-state index contributed by atoms with van der Waals surface area (Å²) >= 11 is 0. The van der Waals surface area contributed by atoms with Crippen LogP contribution < -0.4 is 14.2 Å². The van der Waals surface area contributed by atoms with Gasteiger partial charge < -0.3 is 14.2 Å². The molecule has 0 aliphatic heterocycles. The first kappa shape index (κ1) is 16.1. The molecule has 0 fully saturated rings. The maximum Gasteiger partial charge on any atom is 0.198 e. The predicted octanol–water partition coefficient (Wildman–Crippen LogP) is 3.64. The zero-order valence-electron chi connectivity index (χ0n) is 14.6. The molecule has 0 aromatic heterocycles. The van der Waals surface area contributed by atoms with Gasteiger partial charge in [-0.2, -0.15) is 0 Å². The summed E-state index contributed by atoms with van der Waals surface area (Å²) in [6.07, 6.45) is 0. The van der Waals surface area contributed by atoms with Crippen molar-refractivity contribution in [3.8, 4) is 17.2 Å². The minimum Gasteiger partial charge on any atom is -0.496 e. The Kier molecular flexibility index (Phi) is 3.65. The zero-order chi connectivity index (χ0) is 18.4. The van der Waals surface area contributed by atoms with Crippen molar-refractivity contribution in [3.63, 3.8) is 0 Å². The molecule has 0 saturated carbocycles. The van der Waals surface area contributed by atoms with Gasteiger partial charge in [-0.25, -0.2) is 0 Å². The van der Waals surface area contributed by atoms with Crippen LogP contribution in [0.3, 0.4) is 0 Å². The van der Waals surface area contributed by atoms with Crippen LogP contribution >= 0.6 is 0 Å². The highest BCUT2D eigenvalue weighted by Crippen LogP contribution is 2.42. The topological polar surface area (TPSA) is 61.8 Å². The second-order valence-corrected chi connectivity index (χ2v) is 5.93. The van der Waals surface area contributed by atoms with E-state index in [9.17, 15) is 9.59 Å². The summed E-state index contributed by atoms with van der Waals surface area (Å²) in [4.78, 5) is 26.5. The van der Waals surface area contributed by atoms with Gasteiger partial charge in [0.05, 0.1) is 26.9 Å². The Hall–Kier alpha value is -3.34. The molecule has 3 aromatic rings. The van der Waals surface area contributed by atoms with Crippen molar-refractivity contribution >= 4 is 22.3 Å². The van der Waals surface area contributed by atoms with E-state index in [4.69, 9.17) is 14.2 Å². The molecule has 0 amide bonds. The van der Waals surface area contributed by atoms with Gasteiger partial charge in [-0.05, 0) is 18.2 Å². The van der Waals surface area contributed by atoms with E-state index in [0.717, 1.165) is 5.39 Å². The molecule has 0 atom stereocenters. The van der Waals surface area contributed by atoms with Gasteiger partial charge in [-0.1, -0.05) is 24.3 Å². The summed E-state index contributed by atoms with van der Waals surface area (Å²) in [7, 11) is 4.55. The molecule has 4 rings (SSSR count). The molecule has 0 radical (unpaired) electrons. The number of fused-ring (bicyclic) bond motifs is 4. The molecule has 0 bridgehead atoms. The fraction of sp³-hybridized carbons (Fsp3) is 0.143. The third-order valence-electron chi connectivity index (χ3n) is 4.72. The first-order valence-corrected chi connectivity index (χ1v) is 8.06. The summed E-state index contributed by atoms with van der Waals surface area (Å²) in [6, 6.07) is 12.1. The summed E-state index contributed by atoms with van der Waals surface area (Å²) < 4.78 is 16.2. The molecule has 0 spiro atoms. The summed E-state index contributed by atoms with van der Waals surface area (Å²) in [5, 5.41) is 1.30. The van der Waals surface area contributed by atoms with Crippen LogP contribution in [0, 0.1) is 0 Å². The van der Waals surface area contributed by atoms with E-state index in [1.807, 2.05) is 12.1 Å². The monoisotopic (exact) mass is 348 g/mol. The molecular formula is C21H16O5. The van der Waals surface area contributed by atoms with Crippen LogP contribution in [0.1, 0.15) is 31.8 Å². The van der Waals surface area contributed by atoms with E-state index in [1.165, 1.54) is 21.3 Å². The van der Waals surface area contributed by atoms with E-state index in [1.54, 1.807) is 30.3 Å². The number of methoxy groups -OCH3 is 3. The number of rotatable bonds is 3. The molecule has 0 saturated heterocycles. The lowest BCUT2D eigenvalue weighted by atomic mass is 9.80. The fourth-order valence-electron chi connectivity index (χ4n) is 3.56. The lowest BCUT2D eigenvalue weighted by molar-refractivity contribution is 0.0977. The molecule has 5 nitrogen and oxygen atoms in total. The molecule has 1 aliphatic rings. The first-order chi connectivity index (χ1) is 12.6. The van der Waals surface area contributed by atoms with Crippen LogP contribution in [-0.2, 0) is 0 Å². The highest BCUT2D eigenvalue weighted by Gasteiger charge is 2.35. The second-order valence-electron chi connectivity index (χ2n) is 5.93. The van der Waals surface area contributed by atoms with Gasteiger partial charge in [0.1, 0.15) is 17.2 Å². The SMILES string of the molecule is COc1cccc2c1C(=O)c1cc(OC)c3cccc(OC)c3c1C2=O. The van der Waals surface area contributed by atoms with E-state index in [2.05, 4.69) is 0 Å². The number of hydrogen-bond acceptors (Lipinski definition) is 5. The smallest absolute Gasteiger partial charge is 0.198 e. The second kappa shape index (κ2) is 5.88. The number of benzene rings is 3.